The van der Waals surface area contributed by atoms with Gasteiger partial charge in [-0.3, -0.25) is 0 Å². The first-order valence-electron chi connectivity index (χ1n) is 7.70. The molecule has 28 heavy (non-hydrogen) atoms. The minimum Gasteiger partial charge on any atom is -0.332 e. The molecule has 148 valence electrons. The molecule has 0 unspecified atom stereocenters. The summed E-state index contributed by atoms with van der Waals surface area (Å²) in [6.45, 7) is -0.0617. The Morgan fingerprint density at radius 3 is 2.25 bits per heavy atom. The maximum absolute atomic E-state index is 14.2. The second-order valence-electron chi connectivity index (χ2n) is 5.91. The normalized spacial score (nSPS) is 12.4. The maximum atomic E-state index is 14.2. The van der Waals surface area contributed by atoms with Crippen LogP contribution >= 0.6 is 11.6 Å². The highest BCUT2D eigenvalue weighted by molar-refractivity contribution is 6.31. The average Bonchev–Trinajstić information content (AvgIpc) is 3.03. The lowest BCUT2D eigenvalue weighted by molar-refractivity contribution is -0.140. The van der Waals surface area contributed by atoms with Crippen LogP contribution in [0.25, 0.3) is 11.3 Å². The van der Waals surface area contributed by atoms with Crippen molar-refractivity contribution in [3.05, 3.63) is 76.5 Å². The minimum atomic E-state index is -4.86. The summed E-state index contributed by atoms with van der Waals surface area (Å²) in [5, 5.41) is -0.450. The first-order chi connectivity index (χ1) is 13.0. The van der Waals surface area contributed by atoms with Crippen LogP contribution in [0.4, 0.5) is 30.7 Å². The summed E-state index contributed by atoms with van der Waals surface area (Å²) in [7, 11) is 0. The van der Waals surface area contributed by atoms with Crippen molar-refractivity contribution in [3.63, 3.8) is 0 Å². The van der Waals surface area contributed by atoms with E-state index < -0.39 is 34.3 Å². The van der Waals surface area contributed by atoms with Crippen LogP contribution < -0.4 is 0 Å². The third kappa shape index (κ3) is 4.14. The summed E-state index contributed by atoms with van der Waals surface area (Å²) in [4.78, 5) is 3.86. The number of aromatic nitrogens is 2. The molecule has 0 saturated carbocycles. The van der Waals surface area contributed by atoms with E-state index in [1.165, 1.54) is 23.2 Å². The number of benzene rings is 2. The summed E-state index contributed by atoms with van der Waals surface area (Å²) < 4.78 is 92.9. The molecule has 0 aliphatic heterocycles. The molecule has 2 aromatic carbocycles. The number of imidazole rings is 1. The molecule has 0 bridgehead atoms. The summed E-state index contributed by atoms with van der Waals surface area (Å²) in [5.41, 5.74) is -2.62. The van der Waals surface area contributed by atoms with Crippen molar-refractivity contribution in [1.29, 1.82) is 0 Å². The topological polar surface area (TPSA) is 17.8 Å². The van der Waals surface area contributed by atoms with Gasteiger partial charge in [-0.15, -0.1) is 0 Å². The Kier molecular flexibility index (Phi) is 5.14. The Hall–Kier alpha value is -2.55. The van der Waals surface area contributed by atoms with Gasteiger partial charge in [0.05, 0.1) is 28.2 Å². The van der Waals surface area contributed by atoms with Crippen molar-refractivity contribution < 1.29 is 30.7 Å². The number of hydrogen-bond acceptors (Lipinski definition) is 1. The highest BCUT2D eigenvalue weighted by atomic mass is 35.5. The van der Waals surface area contributed by atoms with Gasteiger partial charge in [-0.2, -0.15) is 26.3 Å². The van der Waals surface area contributed by atoms with Crippen LogP contribution in [0.2, 0.25) is 5.02 Å². The minimum absolute atomic E-state index is 0.0617. The van der Waals surface area contributed by atoms with E-state index in [1.807, 2.05) is 0 Å². The molecule has 0 spiro atoms. The molecule has 0 aliphatic rings. The zero-order valence-electron chi connectivity index (χ0n) is 13.7. The maximum Gasteiger partial charge on any atom is 0.419 e. The summed E-state index contributed by atoms with van der Waals surface area (Å²) in [5.74, 6) is -1.47. The number of nitrogens with zero attached hydrogens (tertiary/aromatic N) is 2. The average molecular weight is 423 g/mol. The molecule has 0 atom stereocenters. The van der Waals surface area contributed by atoms with Crippen molar-refractivity contribution in [1.82, 2.24) is 9.55 Å². The fourth-order valence-corrected chi connectivity index (χ4v) is 2.86. The molecular weight excluding hydrogens is 413 g/mol. The Morgan fingerprint density at radius 1 is 0.929 bits per heavy atom. The van der Waals surface area contributed by atoms with Crippen molar-refractivity contribution in [2.45, 2.75) is 18.9 Å². The summed E-state index contributed by atoms with van der Waals surface area (Å²) >= 11 is 5.56. The van der Waals surface area contributed by atoms with E-state index in [0.717, 1.165) is 24.3 Å². The third-order valence-electron chi connectivity index (χ3n) is 3.91. The molecule has 0 fully saturated rings. The van der Waals surface area contributed by atoms with Crippen molar-refractivity contribution in [2.24, 2.45) is 0 Å². The van der Waals surface area contributed by atoms with Gasteiger partial charge in [-0.05, 0) is 29.8 Å². The predicted molar refractivity (Wildman–Crippen MR) is 88.2 cm³/mol. The van der Waals surface area contributed by atoms with Gasteiger partial charge in [0.15, 0.2) is 0 Å². The monoisotopic (exact) mass is 422 g/mol. The van der Waals surface area contributed by atoms with Gasteiger partial charge < -0.3 is 4.57 Å². The van der Waals surface area contributed by atoms with Gasteiger partial charge in [0.25, 0.3) is 0 Å². The van der Waals surface area contributed by atoms with E-state index in [9.17, 15) is 30.7 Å². The first kappa shape index (κ1) is 20.2. The van der Waals surface area contributed by atoms with Crippen LogP contribution in [-0.2, 0) is 18.9 Å². The first-order valence-corrected chi connectivity index (χ1v) is 8.08. The molecular formula is C18H10ClF7N2. The molecule has 1 heterocycles. The molecule has 0 amide bonds. The van der Waals surface area contributed by atoms with Gasteiger partial charge in [0.1, 0.15) is 5.82 Å². The molecule has 0 aliphatic carbocycles. The van der Waals surface area contributed by atoms with Crippen LogP contribution in [0, 0.1) is 5.82 Å². The molecule has 0 saturated heterocycles. The quantitative estimate of drug-likeness (QED) is 0.445. The van der Waals surface area contributed by atoms with E-state index in [-0.39, 0.29) is 23.4 Å². The SMILES string of the molecule is Fc1c(-c2cn(Cc3ccc(Cl)c(C(F)(F)F)c3)cn2)cccc1C(F)(F)F. The lowest BCUT2D eigenvalue weighted by Crippen LogP contribution is -2.08. The Morgan fingerprint density at radius 2 is 1.61 bits per heavy atom. The summed E-state index contributed by atoms with van der Waals surface area (Å²) in [6, 6.07) is 6.15. The predicted octanol–water partition coefficient (Wildman–Crippen LogP) is 6.43. The van der Waals surface area contributed by atoms with Crippen LogP contribution in [0.1, 0.15) is 16.7 Å². The zero-order chi connectivity index (χ0) is 20.7. The van der Waals surface area contributed by atoms with E-state index >= 15 is 0 Å². The molecule has 3 aromatic rings. The fraction of sp³-hybridized carbons (Fsp3) is 0.167. The Balaban J connectivity index is 1.91. The lowest BCUT2D eigenvalue weighted by atomic mass is 10.1. The second kappa shape index (κ2) is 7.12. The number of hydrogen-bond donors (Lipinski definition) is 0. The van der Waals surface area contributed by atoms with E-state index in [0.29, 0.717) is 6.07 Å². The number of rotatable bonds is 3. The van der Waals surface area contributed by atoms with Crippen LogP contribution in [0.3, 0.4) is 0 Å². The van der Waals surface area contributed by atoms with E-state index in [2.05, 4.69) is 4.98 Å². The zero-order valence-corrected chi connectivity index (χ0v) is 14.5. The lowest BCUT2D eigenvalue weighted by Gasteiger charge is -2.11. The van der Waals surface area contributed by atoms with Crippen molar-refractivity contribution in [3.8, 4) is 11.3 Å². The molecule has 1 aromatic heterocycles. The van der Waals surface area contributed by atoms with E-state index in [4.69, 9.17) is 11.6 Å². The van der Waals surface area contributed by atoms with Gasteiger partial charge in [-0.1, -0.05) is 23.7 Å². The third-order valence-corrected chi connectivity index (χ3v) is 4.24. The largest absolute Gasteiger partial charge is 0.419 e. The van der Waals surface area contributed by atoms with Gasteiger partial charge >= 0.3 is 12.4 Å². The van der Waals surface area contributed by atoms with Crippen molar-refractivity contribution >= 4 is 11.6 Å². The van der Waals surface area contributed by atoms with Crippen molar-refractivity contribution in [2.75, 3.05) is 0 Å². The highest BCUT2D eigenvalue weighted by Gasteiger charge is 2.35. The molecule has 2 nitrogen and oxygen atoms in total. The van der Waals surface area contributed by atoms with Gasteiger partial charge in [0, 0.05) is 18.3 Å². The fourth-order valence-electron chi connectivity index (χ4n) is 2.63. The van der Waals surface area contributed by atoms with Crippen LogP contribution in [0.5, 0.6) is 0 Å². The van der Waals surface area contributed by atoms with Crippen LogP contribution in [0.15, 0.2) is 48.9 Å². The molecule has 0 N–H and O–H groups in total. The van der Waals surface area contributed by atoms with Gasteiger partial charge in [0.2, 0.25) is 0 Å². The van der Waals surface area contributed by atoms with E-state index in [1.54, 1.807) is 0 Å². The Bertz CT molecular complexity index is 1010. The standard InChI is InChI=1S/C18H10ClF7N2/c19-14-5-4-10(6-13(14)18(24,25)26)7-28-8-15(27-9-28)11-2-1-3-12(16(11)20)17(21,22)23/h1-6,8-9H,7H2. The molecule has 0 radical (unpaired) electrons. The van der Waals surface area contributed by atoms with Crippen LogP contribution in [-0.4, -0.2) is 9.55 Å². The number of halogens is 8. The Labute approximate surface area is 159 Å². The number of alkyl halides is 6. The summed E-state index contributed by atoms with van der Waals surface area (Å²) in [6.07, 6.45) is -7.05. The smallest absolute Gasteiger partial charge is 0.332 e. The highest BCUT2D eigenvalue weighted by Crippen LogP contribution is 2.36. The second-order valence-corrected chi connectivity index (χ2v) is 6.32. The molecule has 3 rings (SSSR count). The van der Waals surface area contributed by atoms with Gasteiger partial charge in [-0.25, -0.2) is 9.37 Å². The molecule has 10 heteroatoms.